The van der Waals surface area contributed by atoms with Crippen LogP contribution in [0.15, 0.2) is 4.52 Å². The number of nitrogens with zero attached hydrogens (tertiary/aromatic N) is 2. The zero-order chi connectivity index (χ0) is 9.97. The molecule has 0 spiro atoms. The molecular weight excluding hydrogens is 176 g/mol. The topological polar surface area (TPSA) is 51.0 Å². The molecule has 1 aliphatic heterocycles. The zero-order valence-electron chi connectivity index (χ0n) is 8.79. The van der Waals surface area contributed by atoms with E-state index in [9.17, 15) is 0 Å². The Morgan fingerprint density at radius 2 is 2.36 bits per heavy atom. The quantitative estimate of drug-likeness (QED) is 0.527. The summed E-state index contributed by atoms with van der Waals surface area (Å²) in [5.41, 5.74) is 0.157. The average molecular weight is 189 g/mol. The van der Waals surface area contributed by atoms with Crippen molar-refractivity contribution in [3.8, 4) is 0 Å². The molecule has 72 valence electrons. The van der Waals surface area contributed by atoms with Crippen LogP contribution in [0.25, 0.3) is 0 Å². The van der Waals surface area contributed by atoms with Gasteiger partial charge in [0.2, 0.25) is 5.89 Å². The Bertz CT molecular complexity index is 392. The third-order valence-corrected chi connectivity index (χ3v) is 3.76. The van der Waals surface area contributed by atoms with Gasteiger partial charge in [0.25, 0.3) is 0 Å². The molecule has 3 rings (SSSR count). The summed E-state index contributed by atoms with van der Waals surface area (Å²) < 4.78 is 5.29. The maximum absolute atomic E-state index is 5.29. The van der Waals surface area contributed by atoms with Gasteiger partial charge in [0.1, 0.15) is 15.7 Å². The lowest BCUT2D eigenvalue weighted by Gasteiger charge is -2.19. The van der Waals surface area contributed by atoms with Crippen molar-refractivity contribution >= 4 is 15.7 Å². The Labute approximate surface area is 84.6 Å². The maximum atomic E-state index is 5.29. The minimum atomic E-state index is 0.157. The number of hydrogen-bond acceptors (Lipinski definition) is 4. The molecule has 1 saturated heterocycles. The van der Waals surface area contributed by atoms with Gasteiger partial charge >= 0.3 is 0 Å². The predicted molar refractivity (Wildman–Crippen MR) is 56.6 cm³/mol. The average Bonchev–Trinajstić information content (AvgIpc) is 2.64. The van der Waals surface area contributed by atoms with Crippen molar-refractivity contribution in [1.82, 2.24) is 15.5 Å². The third-order valence-electron chi connectivity index (χ3n) is 3.76. The minimum Gasteiger partial charge on any atom is -0.339 e. The monoisotopic (exact) mass is 189 g/mol. The Kier molecular flexibility index (Phi) is 1.37. The Balaban J connectivity index is 1.96. The molecule has 2 atom stereocenters. The lowest BCUT2D eigenvalue weighted by atomic mass is 9.59. The molecule has 0 unspecified atom stereocenters. The molecule has 0 amide bonds. The van der Waals surface area contributed by atoms with Crippen molar-refractivity contribution in [2.24, 2.45) is 5.92 Å². The molecule has 1 aromatic rings. The van der Waals surface area contributed by atoms with Crippen LogP contribution in [0, 0.1) is 12.8 Å². The number of piperidine rings is 1. The van der Waals surface area contributed by atoms with Crippen LogP contribution in [-0.4, -0.2) is 37.7 Å². The molecule has 1 aliphatic carbocycles. The van der Waals surface area contributed by atoms with Crippen LogP contribution in [0.4, 0.5) is 0 Å². The van der Waals surface area contributed by atoms with Gasteiger partial charge in [-0.1, -0.05) is 5.16 Å². The lowest BCUT2D eigenvalue weighted by Crippen LogP contribution is -2.44. The first kappa shape index (κ1) is 8.53. The first-order valence-corrected chi connectivity index (χ1v) is 5.10. The highest BCUT2D eigenvalue weighted by Gasteiger charge is 2.68. The van der Waals surface area contributed by atoms with E-state index in [-0.39, 0.29) is 10.8 Å². The fraction of sp³-hybridized carbons (Fsp3) is 0.750. The number of hydrogen-bond donors (Lipinski definition) is 1. The molecule has 0 radical (unpaired) electrons. The van der Waals surface area contributed by atoms with E-state index >= 15 is 0 Å². The van der Waals surface area contributed by atoms with Gasteiger partial charge in [-0.15, -0.1) is 0 Å². The second kappa shape index (κ2) is 2.24. The van der Waals surface area contributed by atoms with Gasteiger partial charge in [-0.05, 0) is 24.6 Å². The van der Waals surface area contributed by atoms with Gasteiger partial charge in [0.05, 0.1) is 5.41 Å². The van der Waals surface area contributed by atoms with E-state index in [1.807, 2.05) is 6.92 Å². The highest BCUT2D eigenvalue weighted by Crippen LogP contribution is 2.60. The standard InChI is InChI=1S/C8H13B2N3O/c1-4-12-6(14-13-4)7-2-5(7)8(9,10)11-3-7/h5,11H,2-3,9-10H2,1H3/t5-,7+/m1/s1. The number of aromatic nitrogens is 2. The molecule has 2 heterocycles. The summed E-state index contributed by atoms with van der Waals surface area (Å²) >= 11 is 0. The fourth-order valence-electron chi connectivity index (χ4n) is 2.77. The molecule has 4 nitrogen and oxygen atoms in total. The van der Waals surface area contributed by atoms with Crippen LogP contribution in [-0.2, 0) is 5.41 Å². The second-order valence-electron chi connectivity index (χ2n) is 5.13. The summed E-state index contributed by atoms with van der Waals surface area (Å²) in [4.78, 5) is 4.35. The smallest absolute Gasteiger partial charge is 0.234 e. The second-order valence-corrected chi connectivity index (χ2v) is 5.13. The van der Waals surface area contributed by atoms with Crippen molar-refractivity contribution in [3.05, 3.63) is 11.7 Å². The first-order valence-electron chi connectivity index (χ1n) is 5.10. The van der Waals surface area contributed by atoms with Gasteiger partial charge in [0.15, 0.2) is 5.82 Å². The molecule has 1 N–H and O–H groups in total. The number of rotatable bonds is 1. The van der Waals surface area contributed by atoms with Gasteiger partial charge in [-0.3, -0.25) is 0 Å². The minimum absolute atomic E-state index is 0.157. The Hall–Kier alpha value is -0.770. The Morgan fingerprint density at radius 3 is 2.79 bits per heavy atom. The summed E-state index contributed by atoms with van der Waals surface area (Å²) in [6.07, 6.45) is 1.19. The molecular formula is C8H13B2N3O. The van der Waals surface area contributed by atoms with Crippen LogP contribution in [0.1, 0.15) is 18.1 Å². The zero-order valence-corrected chi connectivity index (χ0v) is 8.79. The Morgan fingerprint density at radius 1 is 1.57 bits per heavy atom. The van der Waals surface area contributed by atoms with E-state index in [1.165, 1.54) is 6.42 Å². The summed E-state index contributed by atoms with van der Waals surface area (Å²) in [5.74, 6) is 2.23. The summed E-state index contributed by atoms with van der Waals surface area (Å²) in [6.45, 7) is 2.85. The van der Waals surface area contributed by atoms with Gasteiger partial charge < -0.3 is 9.84 Å². The normalized spacial score (nSPS) is 38.2. The summed E-state index contributed by atoms with van der Waals surface area (Å²) in [7, 11) is 4.49. The largest absolute Gasteiger partial charge is 0.339 e. The van der Waals surface area contributed by atoms with Gasteiger partial charge in [-0.25, -0.2) is 0 Å². The van der Waals surface area contributed by atoms with E-state index in [4.69, 9.17) is 4.52 Å². The fourth-order valence-corrected chi connectivity index (χ4v) is 2.77. The summed E-state index contributed by atoms with van der Waals surface area (Å²) in [5, 5.41) is 7.61. The molecule has 0 bridgehead atoms. The molecule has 1 saturated carbocycles. The number of nitrogens with one attached hydrogen (secondary N) is 1. The lowest BCUT2D eigenvalue weighted by molar-refractivity contribution is 0.343. The predicted octanol–water partition coefficient (Wildman–Crippen LogP) is -1.84. The molecule has 14 heavy (non-hydrogen) atoms. The maximum Gasteiger partial charge on any atom is 0.234 e. The highest BCUT2D eigenvalue weighted by molar-refractivity contribution is 6.41. The summed E-state index contributed by atoms with van der Waals surface area (Å²) in [6, 6.07) is 0. The van der Waals surface area contributed by atoms with Crippen LogP contribution in [0.2, 0.25) is 0 Å². The number of aryl methyl sites for hydroxylation is 1. The van der Waals surface area contributed by atoms with Crippen molar-refractivity contribution in [3.63, 3.8) is 0 Å². The third kappa shape index (κ3) is 0.895. The van der Waals surface area contributed by atoms with Gasteiger partial charge in [0, 0.05) is 6.54 Å². The molecule has 0 aromatic carbocycles. The van der Waals surface area contributed by atoms with Crippen molar-refractivity contribution in [2.45, 2.75) is 24.1 Å². The van der Waals surface area contributed by atoms with Crippen molar-refractivity contribution < 1.29 is 4.52 Å². The van der Waals surface area contributed by atoms with E-state index in [0.29, 0.717) is 5.92 Å². The molecule has 6 heteroatoms. The first-order chi connectivity index (χ1) is 6.55. The van der Waals surface area contributed by atoms with E-state index in [2.05, 4.69) is 31.1 Å². The van der Waals surface area contributed by atoms with Crippen LogP contribution < -0.4 is 5.32 Å². The van der Waals surface area contributed by atoms with E-state index < -0.39 is 0 Å². The number of fused-ring (bicyclic) bond motifs is 1. The molecule has 2 aliphatic rings. The van der Waals surface area contributed by atoms with E-state index in [1.54, 1.807) is 0 Å². The SMILES string of the molecule is BC1(B)NC[C@@]2(c3nc(C)no3)C[C@@H]12. The molecule has 1 aromatic heterocycles. The van der Waals surface area contributed by atoms with Gasteiger partial charge in [-0.2, -0.15) is 4.98 Å². The van der Waals surface area contributed by atoms with Crippen molar-refractivity contribution in [2.75, 3.05) is 6.54 Å². The van der Waals surface area contributed by atoms with E-state index in [0.717, 1.165) is 18.3 Å². The van der Waals surface area contributed by atoms with Crippen LogP contribution in [0.5, 0.6) is 0 Å². The molecule has 2 fully saturated rings. The van der Waals surface area contributed by atoms with Crippen LogP contribution in [0.3, 0.4) is 0 Å². The highest BCUT2D eigenvalue weighted by atomic mass is 16.5. The van der Waals surface area contributed by atoms with Crippen molar-refractivity contribution in [1.29, 1.82) is 0 Å². The van der Waals surface area contributed by atoms with Crippen LogP contribution >= 0.6 is 0 Å².